The van der Waals surface area contributed by atoms with Crippen molar-refractivity contribution in [3.8, 4) is 5.75 Å². The SMILES string of the molecule is COc1ccccc1C(=O)Nc1ccc2nc(N)n(S(=O)(=O)C(C)C)c2c1. The lowest BCUT2D eigenvalue weighted by Crippen LogP contribution is -2.23. The molecule has 8 nitrogen and oxygen atoms in total. The molecule has 27 heavy (non-hydrogen) atoms. The largest absolute Gasteiger partial charge is 0.496 e. The van der Waals surface area contributed by atoms with Gasteiger partial charge < -0.3 is 15.8 Å². The number of nitrogens with zero attached hydrogens (tertiary/aromatic N) is 2. The Bertz CT molecular complexity index is 1120. The Balaban J connectivity index is 2.03. The number of fused-ring (bicyclic) bond motifs is 1. The lowest BCUT2D eigenvalue weighted by Gasteiger charge is -2.12. The molecule has 1 amide bonds. The fourth-order valence-electron chi connectivity index (χ4n) is 2.66. The number of nitrogens with two attached hydrogens (primary N) is 1. The Morgan fingerprint density at radius 1 is 1.22 bits per heavy atom. The van der Waals surface area contributed by atoms with Crippen molar-refractivity contribution in [2.24, 2.45) is 0 Å². The van der Waals surface area contributed by atoms with E-state index >= 15 is 0 Å². The highest BCUT2D eigenvalue weighted by molar-refractivity contribution is 7.90. The van der Waals surface area contributed by atoms with Gasteiger partial charge in [0.1, 0.15) is 5.75 Å². The molecule has 0 radical (unpaired) electrons. The van der Waals surface area contributed by atoms with Crippen molar-refractivity contribution in [1.29, 1.82) is 0 Å². The van der Waals surface area contributed by atoms with Crippen LogP contribution in [-0.2, 0) is 10.0 Å². The van der Waals surface area contributed by atoms with Gasteiger partial charge in [0.2, 0.25) is 16.0 Å². The lowest BCUT2D eigenvalue weighted by molar-refractivity contribution is 0.102. The molecule has 0 atom stereocenters. The van der Waals surface area contributed by atoms with Gasteiger partial charge >= 0.3 is 0 Å². The zero-order chi connectivity index (χ0) is 19.8. The van der Waals surface area contributed by atoms with Crippen LogP contribution in [0, 0.1) is 0 Å². The average molecular weight is 388 g/mol. The standard InChI is InChI=1S/C18H20N4O4S/c1-11(2)27(24,25)22-15-10-12(8-9-14(15)21-18(22)19)20-17(23)13-6-4-5-7-16(13)26-3/h4-11H,1-3H3,(H2,19,21)(H,20,23). The van der Waals surface area contributed by atoms with Crippen LogP contribution in [0.15, 0.2) is 42.5 Å². The van der Waals surface area contributed by atoms with E-state index in [9.17, 15) is 13.2 Å². The van der Waals surface area contributed by atoms with E-state index in [1.54, 1.807) is 50.2 Å². The number of hydrogen-bond acceptors (Lipinski definition) is 6. The second kappa shape index (κ2) is 6.92. The minimum atomic E-state index is -3.70. The van der Waals surface area contributed by atoms with E-state index in [0.717, 1.165) is 3.97 Å². The number of imidazole rings is 1. The van der Waals surface area contributed by atoms with Gasteiger partial charge in [-0.3, -0.25) is 4.79 Å². The smallest absolute Gasteiger partial charge is 0.259 e. The van der Waals surface area contributed by atoms with Gasteiger partial charge in [0.25, 0.3) is 5.91 Å². The third kappa shape index (κ3) is 3.33. The number of nitrogens with one attached hydrogen (secondary N) is 1. The van der Waals surface area contributed by atoms with Gasteiger partial charge in [0.05, 0.1) is 29.0 Å². The van der Waals surface area contributed by atoms with Crippen molar-refractivity contribution in [3.05, 3.63) is 48.0 Å². The number of nitrogen functional groups attached to an aromatic ring is 1. The number of para-hydroxylation sites is 1. The van der Waals surface area contributed by atoms with E-state index in [2.05, 4.69) is 10.3 Å². The molecule has 0 spiro atoms. The Morgan fingerprint density at radius 2 is 1.93 bits per heavy atom. The van der Waals surface area contributed by atoms with Gasteiger partial charge in [-0.2, -0.15) is 0 Å². The summed E-state index contributed by atoms with van der Waals surface area (Å²) >= 11 is 0. The van der Waals surface area contributed by atoms with Gasteiger partial charge in [-0.1, -0.05) is 12.1 Å². The molecule has 3 N–H and O–H groups in total. The number of carbonyl (C=O) groups is 1. The molecule has 0 aliphatic rings. The van der Waals surface area contributed by atoms with Crippen LogP contribution in [0.3, 0.4) is 0 Å². The molecular formula is C18H20N4O4S. The van der Waals surface area contributed by atoms with Gasteiger partial charge in [-0.25, -0.2) is 17.4 Å². The molecule has 0 saturated heterocycles. The summed E-state index contributed by atoms with van der Waals surface area (Å²) in [6.07, 6.45) is 0. The van der Waals surface area contributed by atoms with Crippen molar-refractivity contribution in [2.45, 2.75) is 19.1 Å². The fourth-order valence-corrected chi connectivity index (χ4v) is 3.80. The lowest BCUT2D eigenvalue weighted by atomic mass is 10.2. The first-order valence-corrected chi connectivity index (χ1v) is 9.72. The van der Waals surface area contributed by atoms with Gasteiger partial charge in [0.15, 0.2) is 0 Å². The summed E-state index contributed by atoms with van der Waals surface area (Å²) in [7, 11) is -2.22. The number of methoxy groups -OCH3 is 1. The predicted octanol–water partition coefficient (Wildman–Crippen LogP) is 2.47. The molecule has 1 aromatic heterocycles. The monoisotopic (exact) mass is 388 g/mol. The molecule has 0 aliphatic heterocycles. The maximum atomic E-state index is 12.6. The first-order valence-electron chi connectivity index (χ1n) is 8.22. The Morgan fingerprint density at radius 3 is 2.59 bits per heavy atom. The molecule has 0 fully saturated rings. The molecule has 0 aliphatic carbocycles. The van der Waals surface area contributed by atoms with Gasteiger partial charge in [-0.15, -0.1) is 0 Å². The van der Waals surface area contributed by atoms with Crippen LogP contribution < -0.4 is 15.8 Å². The molecule has 3 aromatic rings. The number of hydrogen-bond donors (Lipinski definition) is 2. The number of carbonyl (C=O) groups excluding carboxylic acids is 1. The van der Waals surface area contributed by atoms with Crippen molar-refractivity contribution in [1.82, 2.24) is 8.96 Å². The number of anilines is 2. The molecule has 0 unspecified atom stereocenters. The topological polar surface area (TPSA) is 116 Å². The molecule has 0 saturated carbocycles. The van der Waals surface area contributed by atoms with E-state index in [0.29, 0.717) is 28.0 Å². The molecule has 9 heteroatoms. The van der Waals surface area contributed by atoms with Crippen LogP contribution in [-0.4, -0.2) is 35.6 Å². The van der Waals surface area contributed by atoms with Crippen LogP contribution >= 0.6 is 0 Å². The molecule has 142 valence electrons. The van der Waals surface area contributed by atoms with Crippen molar-refractivity contribution in [3.63, 3.8) is 0 Å². The van der Waals surface area contributed by atoms with Crippen LogP contribution in [0.25, 0.3) is 11.0 Å². The molecule has 2 aromatic carbocycles. The minimum Gasteiger partial charge on any atom is -0.496 e. The van der Waals surface area contributed by atoms with Crippen LogP contribution in [0.4, 0.5) is 11.6 Å². The number of amides is 1. The first-order chi connectivity index (χ1) is 12.8. The number of ether oxygens (including phenoxy) is 1. The van der Waals surface area contributed by atoms with E-state index in [-0.39, 0.29) is 11.9 Å². The maximum absolute atomic E-state index is 12.6. The van der Waals surface area contributed by atoms with Gasteiger partial charge in [-0.05, 0) is 44.2 Å². The third-order valence-electron chi connectivity index (χ3n) is 4.10. The second-order valence-corrected chi connectivity index (χ2v) is 8.52. The molecule has 0 bridgehead atoms. The zero-order valence-electron chi connectivity index (χ0n) is 15.1. The zero-order valence-corrected chi connectivity index (χ0v) is 15.9. The number of aromatic nitrogens is 2. The van der Waals surface area contributed by atoms with Crippen LogP contribution in [0.5, 0.6) is 5.75 Å². The van der Waals surface area contributed by atoms with E-state index < -0.39 is 15.3 Å². The Hall–Kier alpha value is -3.07. The fraction of sp³-hybridized carbons (Fsp3) is 0.222. The van der Waals surface area contributed by atoms with Gasteiger partial charge in [0, 0.05) is 5.69 Å². The second-order valence-electron chi connectivity index (χ2n) is 6.19. The van der Waals surface area contributed by atoms with E-state index in [1.807, 2.05) is 0 Å². The van der Waals surface area contributed by atoms with Crippen molar-refractivity contribution >= 4 is 38.6 Å². The summed E-state index contributed by atoms with van der Waals surface area (Å²) in [5, 5.41) is 2.07. The first kappa shape index (κ1) is 18.7. The predicted molar refractivity (Wildman–Crippen MR) is 105 cm³/mol. The molecular weight excluding hydrogens is 368 g/mol. The van der Waals surface area contributed by atoms with Crippen LogP contribution in [0.2, 0.25) is 0 Å². The van der Waals surface area contributed by atoms with Crippen molar-refractivity contribution < 1.29 is 17.9 Å². The summed E-state index contributed by atoms with van der Waals surface area (Å²) in [5.41, 5.74) is 7.33. The summed E-state index contributed by atoms with van der Waals surface area (Å²) in [6.45, 7) is 3.13. The van der Waals surface area contributed by atoms with E-state index in [1.165, 1.54) is 13.2 Å². The quantitative estimate of drug-likeness (QED) is 0.693. The summed E-state index contributed by atoms with van der Waals surface area (Å²) in [6, 6.07) is 11.6. The van der Waals surface area contributed by atoms with E-state index in [4.69, 9.17) is 10.5 Å². The number of rotatable bonds is 5. The maximum Gasteiger partial charge on any atom is 0.259 e. The highest BCUT2D eigenvalue weighted by atomic mass is 32.2. The van der Waals surface area contributed by atoms with Crippen molar-refractivity contribution in [2.75, 3.05) is 18.2 Å². The Labute approximate surface area is 157 Å². The highest BCUT2D eigenvalue weighted by Gasteiger charge is 2.24. The third-order valence-corrected chi connectivity index (χ3v) is 6.18. The summed E-state index contributed by atoms with van der Waals surface area (Å²) in [5.74, 6) is -0.0581. The highest BCUT2D eigenvalue weighted by Crippen LogP contribution is 2.26. The Kier molecular flexibility index (Phi) is 4.79. The summed E-state index contributed by atoms with van der Waals surface area (Å²) in [4.78, 5) is 16.7. The summed E-state index contributed by atoms with van der Waals surface area (Å²) < 4.78 is 31.4. The average Bonchev–Trinajstić information content (AvgIpc) is 2.97. The minimum absolute atomic E-state index is 0.119. The molecule has 1 heterocycles. The molecule has 3 rings (SSSR count). The van der Waals surface area contributed by atoms with Crippen LogP contribution in [0.1, 0.15) is 24.2 Å². The normalized spacial score (nSPS) is 11.7. The number of benzene rings is 2.